The molecule has 8 heteroatoms. The molecule has 0 fully saturated rings. The third kappa shape index (κ3) is 4.41. The molecule has 3 aromatic rings. The molecule has 0 unspecified atom stereocenters. The Bertz CT molecular complexity index is 934. The second-order valence-corrected chi connectivity index (χ2v) is 7.10. The topological polar surface area (TPSA) is 78.7 Å². The molecule has 1 aromatic heterocycles. The minimum Gasteiger partial charge on any atom is -0.296 e. The van der Waals surface area contributed by atoms with Gasteiger partial charge in [-0.1, -0.05) is 41.3 Å². The molecule has 0 spiro atoms. The molecule has 3 rings (SSSR count). The minimum absolute atomic E-state index is 0.256. The van der Waals surface area contributed by atoms with Gasteiger partial charge in [-0.3, -0.25) is 10.1 Å². The lowest BCUT2D eigenvalue weighted by atomic mass is 10.1. The second-order valence-electron chi connectivity index (χ2n) is 4.90. The van der Waals surface area contributed by atoms with Crippen LogP contribution in [0.5, 0.6) is 0 Å². The number of anilines is 1. The van der Waals surface area contributed by atoms with E-state index < -0.39 is 0 Å². The Hall–Kier alpha value is -2.76. The van der Waals surface area contributed by atoms with Crippen molar-refractivity contribution < 1.29 is 9.18 Å². The molecule has 0 atom stereocenters. The van der Waals surface area contributed by atoms with Crippen molar-refractivity contribution in [2.45, 2.75) is 10.1 Å². The molecule has 0 aliphatic carbocycles. The zero-order chi connectivity index (χ0) is 17.6. The highest BCUT2D eigenvalue weighted by Crippen LogP contribution is 2.29. The van der Waals surface area contributed by atoms with Crippen LogP contribution in [0, 0.1) is 17.1 Å². The summed E-state index contributed by atoms with van der Waals surface area (Å²) < 4.78 is 14.2. The Kier molecular flexibility index (Phi) is 5.38. The SMILES string of the molecule is N#Cc1ccc(C(=O)Nc2nnc(SCc3ccccc3F)s2)cc1. The highest BCUT2D eigenvalue weighted by molar-refractivity contribution is 8.00. The van der Waals surface area contributed by atoms with Gasteiger partial charge < -0.3 is 0 Å². The summed E-state index contributed by atoms with van der Waals surface area (Å²) >= 11 is 2.58. The first-order chi connectivity index (χ1) is 12.2. The quantitative estimate of drug-likeness (QED) is 0.540. The van der Waals surface area contributed by atoms with Crippen LogP contribution in [0.2, 0.25) is 0 Å². The number of nitrogens with zero attached hydrogens (tertiary/aromatic N) is 3. The summed E-state index contributed by atoms with van der Waals surface area (Å²) in [5.41, 5.74) is 1.50. The van der Waals surface area contributed by atoms with Crippen LogP contribution in [0.3, 0.4) is 0 Å². The molecule has 25 heavy (non-hydrogen) atoms. The molecule has 124 valence electrons. The minimum atomic E-state index is -0.328. The van der Waals surface area contributed by atoms with Crippen LogP contribution >= 0.6 is 23.1 Å². The summed E-state index contributed by atoms with van der Waals surface area (Å²) in [4.78, 5) is 12.1. The van der Waals surface area contributed by atoms with Crippen LogP contribution in [0.1, 0.15) is 21.5 Å². The fourth-order valence-corrected chi connectivity index (χ4v) is 3.67. The van der Waals surface area contributed by atoms with E-state index in [0.717, 1.165) is 0 Å². The lowest BCUT2D eigenvalue weighted by Crippen LogP contribution is -2.11. The normalized spacial score (nSPS) is 10.2. The van der Waals surface area contributed by atoms with E-state index in [4.69, 9.17) is 5.26 Å². The number of aromatic nitrogens is 2. The summed E-state index contributed by atoms with van der Waals surface area (Å²) in [5.74, 6) is -0.148. The van der Waals surface area contributed by atoms with Crippen LogP contribution in [-0.2, 0) is 5.75 Å². The fraction of sp³-hybridized carbons (Fsp3) is 0.0588. The van der Waals surface area contributed by atoms with Crippen molar-refractivity contribution >= 4 is 34.1 Å². The molecule has 0 bridgehead atoms. The summed E-state index contributed by atoms with van der Waals surface area (Å²) in [6.45, 7) is 0. The summed E-state index contributed by atoms with van der Waals surface area (Å²) in [6.07, 6.45) is 0. The largest absolute Gasteiger partial charge is 0.296 e. The number of amides is 1. The van der Waals surface area contributed by atoms with E-state index in [0.29, 0.717) is 31.9 Å². The lowest BCUT2D eigenvalue weighted by molar-refractivity contribution is 0.102. The Balaban J connectivity index is 1.60. The number of hydrogen-bond acceptors (Lipinski definition) is 6. The van der Waals surface area contributed by atoms with E-state index in [1.807, 2.05) is 6.07 Å². The zero-order valence-electron chi connectivity index (χ0n) is 12.8. The van der Waals surface area contributed by atoms with Crippen LogP contribution in [0.15, 0.2) is 52.9 Å². The van der Waals surface area contributed by atoms with E-state index in [1.165, 1.54) is 29.2 Å². The smallest absolute Gasteiger partial charge is 0.257 e. The third-order valence-corrected chi connectivity index (χ3v) is 5.23. The Morgan fingerprint density at radius 2 is 1.96 bits per heavy atom. The monoisotopic (exact) mass is 370 g/mol. The molecular formula is C17H11FN4OS2. The molecule has 1 amide bonds. The van der Waals surface area contributed by atoms with Gasteiger partial charge in [0, 0.05) is 11.3 Å². The molecular weight excluding hydrogens is 359 g/mol. The van der Waals surface area contributed by atoms with Gasteiger partial charge in [-0.05, 0) is 35.9 Å². The fourth-order valence-electron chi connectivity index (χ4n) is 1.94. The van der Waals surface area contributed by atoms with Gasteiger partial charge in [0.15, 0.2) is 4.34 Å². The predicted octanol–water partition coefficient (Wildman–Crippen LogP) is 4.09. The Morgan fingerprint density at radius 3 is 2.68 bits per heavy atom. The van der Waals surface area contributed by atoms with Gasteiger partial charge in [-0.2, -0.15) is 5.26 Å². The van der Waals surface area contributed by atoms with Crippen LogP contribution < -0.4 is 5.32 Å². The lowest BCUT2D eigenvalue weighted by Gasteiger charge is -2.01. The van der Waals surface area contributed by atoms with Gasteiger partial charge in [0.25, 0.3) is 5.91 Å². The van der Waals surface area contributed by atoms with Crippen molar-refractivity contribution in [1.29, 1.82) is 5.26 Å². The van der Waals surface area contributed by atoms with Crippen molar-refractivity contribution in [2.75, 3.05) is 5.32 Å². The van der Waals surface area contributed by atoms with E-state index in [-0.39, 0.29) is 11.7 Å². The number of carbonyl (C=O) groups is 1. The molecule has 0 aliphatic heterocycles. The molecule has 5 nitrogen and oxygen atoms in total. The first kappa shape index (κ1) is 17.1. The predicted molar refractivity (Wildman–Crippen MR) is 95.0 cm³/mol. The van der Waals surface area contributed by atoms with E-state index >= 15 is 0 Å². The van der Waals surface area contributed by atoms with E-state index in [9.17, 15) is 9.18 Å². The van der Waals surface area contributed by atoms with Gasteiger partial charge in [0.2, 0.25) is 5.13 Å². The number of benzene rings is 2. The maximum atomic E-state index is 13.6. The number of nitriles is 1. The number of carbonyl (C=O) groups excluding carboxylic acids is 1. The van der Waals surface area contributed by atoms with Crippen molar-refractivity contribution in [1.82, 2.24) is 10.2 Å². The number of hydrogen-bond donors (Lipinski definition) is 1. The highest BCUT2D eigenvalue weighted by atomic mass is 32.2. The van der Waals surface area contributed by atoms with Gasteiger partial charge >= 0.3 is 0 Å². The molecule has 0 radical (unpaired) electrons. The van der Waals surface area contributed by atoms with Crippen molar-refractivity contribution in [3.63, 3.8) is 0 Å². The average molecular weight is 370 g/mol. The highest BCUT2D eigenvalue weighted by Gasteiger charge is 2.11. The van der Waals surface area contributed by atoms with Gasteiger partial charge in [-0.15, -0.1) is 10.2 Å². The van der Waals surface area contributed by atoms with Crippen LogP contribution in [-0.4, -0.2) is 16.1 Å². The number of nitrogens with one attached hydrogen (secondary N) is 1. The number of halogens is 1. The van der Waals surface area contributed by atoms with Crippen LogP contribution in [0.25, 0.3) is 0 Å². The first-order valence-corrected chi connectivity index (χ1v) is 8.97. The molecule has 0 saturated carbocycles. The summed E-state index contributed by atoms with van der Waals surface area (Å²) in [5, 5.41) is 19.7. The van der Waals surface area contributed by atoms with Gasteiger partial charge in [0.1, 0.15) is 5.82 Å². The van der Waals surface area contributed by atoms with E-state index in [1.54, 1.807) is 42.5 Å². The first-order valence-electron chi connectivity index (χ1n) is 7.17. The molecule has 1 heterocycles. The molecule has 0 saturated heterocycles. The van der Waals surface area contributed by atoms with E-state index in [2.05, 4.69) is 15.5 Å². The van der Waals surface area contributed by atoms with Gasteiger partial charge in [-0.25, -0.2) is 4.39 Å². The van der Waals surface area contributed by atoms with Crippen LogP contribution in [0.4, 0.5) is 9.52 Å². The maximum absolute atomic E-state index is 13.6. The number of thioether (sulfide) groups is 1. The Morgan fingerprint density at radius 1 is 1.20 bits per heavy atom. The maximum Gasteiger partial charge on any atom is 0.257 e. The summed E-state index contributed by atoms with van der Waals surface area (Å²) in [6, 6.07) is 14.8. The standard InChI is InChI=1S/C17H11FN4OS2/c18-14-4-2-1-3-13(14)10-24-17-22-21-16(25-17)20-15(23)12-7-5-11(9-19)6-8-12/h1-8H,10H2,(H,20,21,23). The zero-order valence-corrected chi connectivity index (χ0v) is 14.4. The summed E-state index contributed by atoms with van der Waals surface area (Å²) in [7, 11) is 0. The van der Waals surface area contributed by atoms with Crippen molar-refractivity contribution in [2.24, 2.45) is 0 Å². The Labute approximate surface area is 151 Å². The number of rotatable bonds is 5. The van der Waals surface area contributed by atoms with Crippen molar-refractivity contribution in [3.8, 4) is 6.07 Å². The van der Waals surface area contributed by atoms with Crippen molar-refractivity contribution in [3.05, 3.63) is 71.0 Å². The molecule has 1 N–H and O–H groups in total. The molecule has 0 aliphatic rings. The molecule has 2 aromatic carbocycles. The average Bonchev–Trinajstić information content (AvgIpc) is 3.08. The van der Waals surface area contributed by atoms with Gasteiger partial charge in [0.05, 0.1) is 11.6 Å². The third-order valence-electron chi connectivity index (χ3n) is 3.21. The second kappa shape index (κ2) is 7.88.